The summed E-state index contributed by atoms with van der Waals surface area (Å²) in [6.07, 6.45) is 0. The standard InChI is InChI=1S/C6H5F2NO2/c7-5-2-1-4(9-11-10)3-6(5)8/h1-3,9-10H. The molecule has 0 aliphatic rings. The van der Waals surface area contributed by atoms with Crippen LogP contribution in [0, 0.1) is 11.6 Å². The number of halogens is 2. The quantitative estimate of drug-likeness (QED) is 0.513. The fourth-order valence-corrected chi connectivity index (χ4v) is 0.612. The first kappa shape index (κ1) is 7.90. The molecule has 5 heteroatoms. The number of anilines is 1. The van der Waals surface area contributed by atoms with Crippen molar-refractivity contribution in [2.45, 2.75) is 0 Å². The van der Waals surface area contributed by atoms with Crippen LogP contribution in [0.5, 0.6) is 0 Å². The molecule has 11 heavy (non-hydrogen) atoms. The van der Waals surface area contributed by atoms with Crippen LogP contribution in [0.4, 0.5) is 14.5 Å². The Labute approximate surface area is 61.1 Å². The molecule has 2 N–H and O–H groups in total. The summed E-state index contributed by atoms with van der Waals surface area (Å²) in [6, 6.07) is 2.98. The van der Waals surface area contributed by atoms with Crippen LogP contribution in [0.15, 0.2) is 18.2 Å². The Morgan fingerprint density at radius 2 is 2.00 bits per heavy atom. The zero-order valence-corrected chi connectivity index (χ0v) is 5.34. The number of hydrogen-bond donors (Lipinski definition) is 2. The smallest absolute Gasteiger partial charge is 0.160 e. The summed E-state index contributed by atoms with van der Waals surface area (Å²) < 4.78 is 24.6. The Balaban J connectivity index is 2.86. The van der Waals surface area contributed by atoms with Gasteiger partial charge in [-0.15, -0.1) is 4.99 Å². The Hall–Kier alpha value is -1.20. The number of hydrogen-bond acceptors (Lipinski definition) is 3. The van der Waals surface area contributed by atoms with Gasteiger partial charge in [-0.3, -0.25) is 0 Å². The summed E-state index contributed by atoms with van der Waals surface area (Å²) in [6.45, 7) is 0. The molecule has 60 valence electrons. The van der Waals surface area contributed by atoms with E-state index in [1.807, 2.05) is 5.48 Å². The third-order valence-corrected chi connectivity index (χ3v) is 1.08. The van der Waals surface area contributed by atoms with Crippen molar-refractivity contribution in [3.8, 4) is 0 Å². The second-order valence-electron chi connectivity index (χ2n) is 1.82. The molecule has 1 aromatic carbocycles. The molecule has 0 amide bonds. The van der Waals surface area contributed by atoms with Crippen LogP contribution in [0.25, 0.3) is 0 Å². The van der Waals surface area contributed by atoms with Crippen LogP contribution >= 0.6 is 0 Å². The van der Waals surface area contributed by atoms with Gasteiger partial charge in [-0.25, -0.2) is 19.5 Å². The summed E-state index contributed by atoms with van der Waals surface area (Å²) >= 11 is 0. The molecule has 0 atom stereocenters. The predicted molar refractivity (Wildman–Crippen MR) is 33.7 cm³/mol. The zero-order valence-electron chi connectivity index (χ0n) is 5.34. The average Bonchev–Trinajstić information content (AvgIpc) is 1.98. The molecule has 0 aliphatic carbocycles. The second kappa shape index (κ2) is 3.27. The van der Waals surface area contributed by atoms with Gasteiger partial charge in [0.05, 0.1) is 5.69 Å². The van der Waals surface area contributed by atoms with Gasteiger partial charge in [0.15, 0.2) is 11.6 Å². The van der Waals surface area contributed by atoms with Gasteiger partial charge >= 0.3 is 0 Å². The Kier molecular flexibility index (Phi) is 2.35. The van der Waals surface area contributed by atoms with E-state index in [9.17, 15) is 8.78 Å². The van der Waals surface area contributed by atoms with E-state index < -0.39 is 11.6 Å². The zero-order chi connectivity index (χ0) is 8.27. The molecule has 0 bridgehead atoms. The van der Waals surface area contributed by atoms with Gasteiger partial charge in [-0.05, 0) is 12.1 Å². The topological polar surface area (TPSA) is 41.5 Å². The van der Waals surface area contributed by atoms with E-state index in [2.05, 4.69) is 4.99 Å². The summed E-state index contributed by atoms with van der Waals surface area (Å²) in [5, 5.41) is 7.85. The maximum absolute atomic E-state index is 12.4. The Bertz CT molecular complexity index is 254. The molecule has 0 spiro atoms. The lowest BCUT2D eigenvalue weighted by Crippen LogP contribution is -1.96. The van der Waals surface area contributed by atoms with E-state index >= 15 is 0 Å². The highest BCUT2D eigenvalue weighted by molar-refractivity contribution is 5.41. The van der Waals surface area contributed by atoms with Crippen LogP contribution in [-0.4, -0.2) is 5.26 Å². The molecule has 0 saturated heterocycles. The number of nitrogens with one attached hydrogen (secondary N) is 1. The van der Waals surface area contributed by atoms with Gasteiger partial charge in [0, 0.05) is 6.07 Å². The highest BCUT2D eigenvalue weighted by atomic mass is 19.2. The molecule has 0 radical (unpaired) electrons. The van der Waals surface area contributed by atoms with Crippen molar-refractivity contribution >= 4 is 5.69 Å². The third kappa shape index (κ3) is 1.86. The average molecular weight is 161 g/mol. The van der Waals surface area contributed by atoms with E-state index in [1.165, 1.54) is 6.07 Å². The summed E-state index contributed by atoms with van der Waals surface area (Å²) in [5.74, 6) is -1.96. The van der Waals surface area contributed by atoms with Gasteiger partial charge in [0.1, 0.15) is 0 Å². The van der Waals surface area contributed by atoms with Crippen LogP contribution < -0.4 is 5.48 Å². The first-order chi connectivity index (χ1) is 5.24. The second-order valence-corrected chi connectivity index (χ2v) is 1.82. The minimum Gasteiger partial charge on any atom is -0.235 e. The predicted octanol–water partition coefficient (Wildman–Crippen LogP) is 1.78. The molecule has 3 nitrogen and oxygen atoms in total. The fourth-order valence-electron chi connectivity index (χ4n) is 0.612. The Morgan fingerprint density at radius 1 is 1.27 bits per heavy atom. The van der Waals surface area contributed by atoms with Crippen molar-refractivity contribution in [2.24, 2.45) is 0 Å². The summed E-state index contributed by atoms with van der Waals surface area (Å²) in [7, 11) is 0. The van der Waals surface area contributed by atoms with Gasteiger partial charge in [0.2, 0.25) is 0 Å². The van der Waals surface area contributed by atoms with Gasteiger partial charge < -0.3 is 0 Å². The van der Waals surface area contributed by atoms with E-state index in [0.29, 0.717) is 0 Å². The fraction of sp³-hybridized carbons (Fsp3) is 0. The van der Waals surface area contributed by atoms with Crippen LogP contribution in [0.1, 0.15) is 0 Å². The lowest BCUT2D eigenvalue weighted by Gasteiger charge is -1.99. The first-order valence-electron chi connectivity index (χ1n) is 2.75. The molecule has 0 aromatic heterocycles. The highest BCUT2D eigenvalue weighted by Crippen LogP contribution is 2.12. The van der Waals surface area contributed by atoms with E-state index in [0.717, 1.165) is 12.1 Å². The number of benzene rings is 1. The third-order valence-electron chi connectivity index (χ3n) is 1.08. The normalized spacial score (nSPS) is 9.73. The van der Waals surface area contributed by atoms with Gasteiger partial charge in [-0.2, -0.15) is 0 Å². The van der Waals surface area contributed by atoms with Crippen molar-refractivity contribution in [1.29, 1.82) is 0 Å². The lowest BCUT2D eigenvalue weighted by atomic mass is 10.3. The van der Waals surface area contributed by atoms with Gasteiger partial charge in [0.25, 0.3) is 0 Å². The molecule has 0 fully saturated rings. The molecule has 1 aromatic rings. The highest BCUT2D eigenvalue weighted by Gasteiger charge is 2.00. The van der Waals surface area contributed by atoms with Gasteiger partial charge in [-0.1, -0.05) is 0 Å². The minimum atomic E-state index is -1.01. The van der Waals surface area contributed by atoms with Crippen molar-refractivity contribution in [3.63, 3.8) is 0 Å². The van der Waals surface area contributed by atoms with Crippen molar-refractivity contribution in [3.05, 3.63) is 29.8 Å². The van der Waals surface area contributed by atoms with Crippen LogP contribution in [0.3, 0.4) is 0 Å². The maximum Gasteiger partial charge on any atom is 0.160 e. The SMILES string of the molecule is OONc1ccc(F)c(F)c1. The molecule has 0 heterocycles. The molecule has 0 unspecified atom stereocenters. The lowest BCUT2D eigenvalue weighted by molar-refractivity contribution is -0.215. The Morgan fingerprint density at radius 3 is 2.55 bits per heavy atom. The summed E-state index contributed by atoms with van der Waals surface area (Å²) in [4.78, 5) is 3.48. The van der Waals surface area contributed by atoms with E-state index in [1.54, 1.807) is 0 Å². The molecule has 1 rings (SSSR count). The van der Waals surface area contributed by atoms with Crippen molar-refractivity contribution < 1.29 is 19.0 Å². The first-order valence-corrected chi connectivity index (χ1v) is 2.75. The van der Waals surface area contributed by atoms with Crippen molar-refractivity contribution in [1.82, 2.24) is 0 Å². The largest absolute Gasteiger partial charge is 0.235 e. The van der Waals surface area contributed by atoms with Crippen LogP contribution in [-0.2, 0) is 4.99 Å². The molecular weight excluding hydrogens is 156 g/mol. The van der Waals surface area contributed by atoms with Crippen molar-refractivity contribution in [2.75, 3.05) is 5.48 Å². The molecule has 0 aliphatic heterocycles. The monoisotopic (exact) mass is 161 g/mol. The maximum atomic E-state index is 12.4. The van der Waals surface area contributed by atoms with E-state index in [-0.39, 0.29) is 5.69 Å². The molecular formula is C6H5F2NO2. The van der Waals surface area contributed by atoms with Crippen LogP contribution in [0.2, 0.25) is 0 Å². The summed E-state index contributed by atoms with van der Waals surface area (Å²) in [5.41, 5.74) is 2.06. The molecule has 0 saturated carbocycles. The van der Waals surface area contributed by atoms with E-state index in [4.69, 9.17) is 5.26 Å². The minimum absolute atomic E-state index is 0.131. The number of rotatable bonds is 2.